The molecule has 1 atom stereocenters. The Morgan fingerprint density at radius 1 is 1.40 bits per heavy atom. The molecular weight excluding hydrogens is 320 g/mol. The average Bonchev–Trinajstić information content (AvgIpc) is 2.45. The Hall–Kier alpha value is -1.07. The van der Waals surface area contributed by atoms with Gasteiger partial charge in [-0.05, 0) is 38.2 Å². The number of halogens is 1. The fourth-order valence-electron chi connectivity index (χ4n) is 1.93. The van der Waals surface area contributed by atoms with Crippen LogP contribution in [0.3, 0.4) is 0 Å². The highest BCUT2D eigenvalue weighted by atomic mass is 79.9. The average molecular weight is 343 g/mol. The van der Waals surface area contributed by atoms with Gasteiger partial charge in [0.15, 0.2) is 0 Å². The van der Waals surface area contributed by atoms with E-state index in [1.54, 1.807) is 0 Å². The number of nitrogens with zero attached hydrogens (tertiary/aromatic N) is 1. The molecule has 1 unspecified atom stereocenters. The van der Waals surface area contributed by atoms with Gasteiger partial charge < -0.3 is 15.0 Å². The molecule has 0 heterocycles. The zero-order valence-corrected chi connectivity index (χ0v) is 13.9. The summed E-state index contributed by atoms with van der Waals surface area (Å²) in [6.07, 6.45) is 0. The van der Waals surface area contributed by atoms with Crippen molar-refractivity contribution in [3.8, 4) is 5.75 Å². The minimum absolute atomic E-state index is 0.00682. The van der Waals surface area contributed by atoms with Crippen LogP contribution in [0.5, 0.6) is 5.75 Å². The second kappa shape index (κ2) is 8.97. The number of nitrogens with one attached hydrogen (secondary N) is 1. The molecule has 0 saturated carbocycles. The molecular formula is C15H23BrN2O2. The van der Waals surface area contributed by atoms with E-state index in [0.29, 0.717) is 26.2 Å². The van der Waals surface area contributed by atoms with Gasteiger partial charge in [0.05, 0.1) is 6.54 Å². The summed E-state index contributed by atoms with van der Waals surface area (Å²) in [6, 6.07) is 7.69. The monoisotopic (exact) mass is 342 g/mol. The molecule has 1 amide bonds. The molecule has 1 aromatic carbocycles. The molecule has 0 fully saturated rings. The first-order chi connectivity index (χ1) is 9.58. The summed E-state index contributed by atoms with van der Waals surface area (Å²) in [5.74, 6) is 0.980. The molecule has 1 N–H and O–H groups in total. The Morgan fingerprint density at radius 2 is 2.05 bits per heavy atom. The van der Waals surface area contributed by atoms with E-state index in [1.165, 1.54) is 0 Å². The second-order valence-electron chi connectivity index (χ2n) is 4.68. The van der Waals surface area contributed by atoms with E-state index in [1.807, 2.05) is 50.1 Å². The van der Waals surface area contributed by atoms with Crippen molar-refractivity contribution in [1.29, 1.82) is 0 Å². The van der Waals surface area contributed by atoms with Gasteiger partial charge in [0.25, 0.3) is 0 Å². The number of hydrogen-bond acceptors (Lipinski definition) is 3. The summed E-state index contributed by atoms with van der Waals surface area (Å²) < 4.78 is 6.68. The van der Waals surface area contributed by atoms with Gasteiger partial charge in [-0.1, -0.05) is 22.9 Å². The zero-order chi connectivity index (χ0) is 15.0. The molecule has 0 aliphatic heterocycles. The van der Waals surface area contributed by atoms with Crippen molar-refractivity contribution in [3.63, 3.8) is 0 Å². The standard InChI is InChI=1S/C15H23BrN2O2/c1-4-18(15(19)12(2)11-17-3)9-10-20-14-7-5-13(16)6-8-14/h5-8,12,17H,4,9-11H2,1-3H3. The topological polar surface area (TPSA) is 41.6 Å². The number of carbonyl (C=O) groups is 1. The van der Waals surface area contributed by atoms with E-state index in [-0.39, 0.29) is 11.8 Å². The van der Waals surface area contributed by atoms with Crippen LogP contribution in [0.1, 0.15) is 13.8 Å². The van der Waals surface area contributed by atoms with Gasteiger partial charge in [0, 0.05) is 23.5 Å². The van der Waals surface area contributed by atoms with Crippen molar-refractivity contribution >= 4 is 21.8 Å². The molecule has 0 spiro atoms. The Morgan fingerprint density at radius 3 is 2.60 bits per heavy atom. The summed E-state index contributed by atoms with van der Waals surface area (Å²) in [6.45, 7) is 6.45. The van der Waals surface area contributed by atoms with Crippen molar-refractivity contribution in [2.75, 3.05) is 33.3 Å². The molecule has 0 aromatic heterocycles. The Labute approximate surface area is 129 Å². The third-order valence-electron chi connectivity index (χ3n) is 3.07. The van der Waals surface area contributed by atoms with Crippen LogP contribution in [-0.4, -0.2) is 44.1 Å². The van der Waals surface area contributed by atoms with Crippen LogP contribution in [0.15, 0.2) is 28.7 Å². The lowest BCUT2D eigenvalue weighted by molar-refractivity contribution is -0.135. The number of ether oxygens (including phenoxy) is 1. The summed E-state index contributed by atoms with van der Waals surface area (Å²) >= 11 is 3.38. The Balaban J connectivity index is 2.41. The van der Waals surface area contributed by atoms with E-state index in [0.717, 1.165) is 10.2 Å². The number of carbonyl (C=O) groups excluding carboxylic acids is 1. The van der Waals surface area contributed by atoms with E-state index in [2.05, 4.69) is 21.2 Å². The molecule has 0 saturated heterocycles. The van der Waals surface area contributed by atoms with E-state index >= 15 is 0 Å². The molecule has 0 aliphatic carbocycles. The van der Waals surface area contributed by atoms with Crippen molar-refractivity contribution in [2.45, 2.75) is 13.8 Å². The van der Waals surface area contributed by atoms with Crippen molar-refractivity contribution in [2.24, 2.45) is 5.92 Å². The molecule has 1 aromatic rings. The van der Waals surface area contributed by atoms with Gasteiger partial charge in [-0.2, -0.15) is 0 Å². The molecule has 0 aliphatic rings. The first kappa shape index (κ1) is 17.0. The predicted octanol–water partition coefficient (Wildman–Crippen LogP) is 2.53. The van der Waals surface area contributed by atoms with Gasteiger partial charge >= 0.3 is 0 Å². The maximum Gasteiger partial charge on any atom is 0.226 e. The molecule has 4 nitrogen and oxygen atoms in total. The van der Waals surface area contributed by atoms with Crippen LogP contribution in [0.2, 0.25) is 0 Å². The Kier molecular flexibility index (Phi) is 7.62. The van der Waals surface area contributed by atoms with E-state index in [9.17, 15) is 4.79 Å². The lowest BCUT2D eigenvalue weighted by Crippen LogP contribution is -2.40. The van der Waals surface area contributed by atoms with E-state index < -0.39 is 0 Å². The van der Waals surface area contributed by atoms with Gasteiger partial charge in [0.2, 0.25) is 5.91 Å². The predicted molar refractivity (Wildman–Crippen MR) is 85.0 cm³/mol. The lowest BCUT2D eigenvalue weighted by atomic mass is 10.1. The van der Waals surface area contributed by atoms with Crippen LogP contribution in [0.4, 0.5) is 0 Å². The highest BCUT2D eigenvalue weighted by Crippen LogP contribution is 2.16. The quantitative estimate of drug-likeness (QED) is 0.789. The maximum atomic E-state index is 12.2. The molecule has 112 valence electrons. The van der Waals surface area contributed by atoms with Crippen LogP contribution in [0, 0.1) is 5.92 Å². The first-order valence-corrected chi connectivity index (χ1v) is 7.69. The lowest BCUT2D eigenvalue weighted by Gasteiger charge is -2.24. The highest BCUT2D eigenvalue weighted by molar-refractivity contribution is 9.10. The second-order valence-corrected chi connectivity index (χ2v) is 5.59. The summed E-state index contributed by atoms with van der Waals surface area (Å²) in [4.78, 5) is 14.0. The van der Waals surface area contributed by atoms with Gasteiger partial charge in [-0.15, -0.1) is 0 Å². The van der Waals surface area contributed by atoms with Gasteiger partial charge in [-0.3, -0.25) is 4.79 Å². The summed E-state index contributed by atoms with van der Waals surface area (Å²) in [5.41, 5.74) is 0. The smallest absolute Gasteiger partial charge is 0.226 e. The fourth-order valence-corrected chi connectivity index (χ4v) is 2.20. The summed E-state index contributed by atoms with van der Waals surface area (Å²) in [7, 11) is 1.86. The summed E-state index contributed by atoms with van der Waals surface area (Å²) in [5, 5.41) is 3.03. The van der Waals surface area contributed by atoms with Crippen LogP contribution < -0.4 is 10.1 Å². The SMILES string of the molecule is CCN(CCOc1ccc(Br)cc1)C(=O)C(C)CNC. The highest BCUT2D eigenvalue weighted by Gasteiger charge is 2.18. The normalized spacial score (nSPS) is 12.0. The van der Waals surface area contributed by atoms with Gasteiger partial charge in [0.1, 0.15) is 12.4 Å². The van der Waals surface area contributed by atoms with Crippen LogP contribution in [-0.2, 0) is 4.79 Å². The zero-order valence-electron chi connectivity index (χ0n) is 12.4. The molecule has 0 radical (unpaired) electrons. The minimum atomic E-state index is -0.00682. The Bertz CT molecular complexity index is 409. The minimum Gasteiger partial charge on any atom is -0.492 e. The first-order valence-electron chi connectivity index (χ1n) is 6.90. The molecule has 20 heavy (non-hydrogen) atoms. The van der Waals surface area contributed by atoms with E-state index in [4.69, 9.17) is 4.74 Å². The number of benzene rings is 1. The molecule has 1 rings (SSSR count). The van der Waals surface area contributed by atoms with Crippen molar-refractivity contribution in [1.82, 2.24) is 10.2 Å². The number of likely N-dealkylation sites (N-methyl/N-ethyl adjacent to an activating group) is 1. The fraction of sp³-hybridized carbons (Fsp3) is 0.533. The largest absolute Gasteiger partial charge is 0.492 e. The number of rotatable bonds is 8. The van der Waals surface area contributed by atoms with Crippen LogP contribution >= 0.6 is 15.9 Å². The number of amides is 1. The number of hydrogen-bond donors (Lipinski definition) is 1. The van der Waals surface area contributed by atoms with Crippen molar-refractivity contribution < 1.29 is 9.53 Å². The third-order valence-corrected chi connectivity index (χ3v) is 3.60. The maximum absolute atomic E-state index is 12.2. The third kappa shape index (κ3) is 5.51. The molecule has 0 bridgehead atoms. The molecule has 5 heteroatoms. The van der Waals surface area contributed by atoms with Crippen LogP contribution in [0.25, 0.3) is 0 Å². The van der Waals surface area contributed by atoms with Gasteiger partial charge in [-0.25, -0.2) is 0 Å². The van der Waals surface area contributed by atoms with Crippen molar-refractivity contribution in [3.05, 3.63) is 28.7 Å².